The van der Waals surface area contributed by atoms with E-state index in [4.69, 9.17) is 5.11 Å². The zero-order chi connectivity index (χ0) is 12.7. The first-order valence-corrected chi connectivity index (χ1v) is 5.52. The van der Waals surface area contributed by atoms with Crippen LogP contribution in [0.4, 0.5) is 0 Å². The van der Waals surface area contributed by atoms with E-state index in [1.165, 1.54) is 0 Å². The molecule has 0 aliphatic heterocycles. The zero-order valence-corrected chi connectivity index (χ0v) is 9.71. The lowest BCUT2D eigenvalue weighted by molar-refractivity contribution is 0.0685. The lowest BCUT2D eigenvalue weighted by Gasteiger charge is -2.01. The number of nitrogens with zero attached hydrogens (tertiary/aromatic N) is 2. The van der Waals surface area contributed by atoms with Crippen molar-refractivity contribution < 1.29 is 9.90 Å². The molecule has 2 N–H and O–H groups in total. The van der Waals surface area contributed by atoms with Crippen LogP contribution in [0.3, 0.4) is 0 Å². The van der Waals surface area contributed by atoms with Gasteiger partial charge in [-0.3, -0.25) is 0 Å². The number of aromatic nitrogens is 3. The fourth-order valence-corrected chi connectivity index (χ4v) is 2.15. The van der Waals surface area contributed by atoms with Crippen LogP contribution >= 0.6 is 0 Å². The number of pyridine rings is 1. The van der Waals surface area contributed by atoms with Gasteiger partial charge in [-0.05, 0) is 30.7 Å². The van der Waals surface area contributed by atoms with Gasteiger partial charge in [0.1, 0.15) is 0 Å². The molecule has 3 aromatic heterocycles. The normalized spacial score (nSPS) is 10.9. The Hall–Kier alpha value is -2.56. The largest absolute Gasteiger partial charge is 0.475 e. The second kappa shape index (κ2) is 3.73. The van der Waals surface area contributed by atoms with Crippen LogP contribution in [-0.2, 0) is 0 Å². The number of aromatic amines is 1. The third-order valence-electron chi connectivity index (χ3n) is 2.90. The first-order chi connectivity index (χ1) is 8.66. The highest BCUT2D eigenvalue weighted by Crippen LogP contribution is 2.25. The molecule has 0 fully saturated rings. The van der Waals surface area contributed by atoms with Gasteiger partial charge in [-0.25, -0.2) is 9.78 Å². The molecule has 0 bridgehead atoms. The first kappa shape index (κ1) is 10.6. The number of fused-ring (bicyclic) bond motifs is 1. The molecular weight excluding hydrogens is 230 g/mol. The summed E-state index contributed by atoms with van der Waals surface area (Å²) in [6.07, 6.45) is 3.49. The Labute approximate surface area is 103 Å². The fraction of sp³-hybridized carbons (Fsp3) is 0.0769. The number of aryl methyl sites for hydroxylation is 1. The highest BCUT2D eigenvalue weighted by molar-refractivity contribution is 5.84. The molecule has 0 unspecified atom stereocenters. The highest BCUT2D eigenvalue weighted by atomic mass is 16.4. The number of carbonyl (C=O) groups is 1. The number of H-pyrrole nitrogens is 1. The van der Waals surface area contributed by atoms with Gasteiger partial charge in [-0.2, -0.15) is 0 Å². The van der Waals surface area contributed by atoms with E-state index >= 15 is 0 Å². The van der Waals surface area contributed by atoms with E-state index < -0.39 is 5.97 Å². The summed E-state index contributed by atoms with van der Waals surface area (Å²) in [6.45, 7) is 1.99. The van der Waals surface area contributed by atoms with Gasteiger partial charge in [0.2, 0.25) is 5.82 Å². The second-order valence-electron chi connectivity index (χ2n) is 4.12. The maximum absolute atomic E-state index is 10.8. The number of aromatic carboxylic acids is 1. The molecule has 5 nitrogen and oxygen atoms in total. The van der Waals surface area contributed by atoms with E-state index in [1.54, 1.807) is 6.20 Å². The molecule has 0 spiro atoms. The molecule has 3 aromatic rings. The smallest absolute Gasteiger partial charge is 0.371 e. The number of nitrogens with one attached hydrogen (secondary N) is 1. The van der Waals surface area contributed by atoms with Crippen molar-refractivity contribution in [2.45, 2.75) is 6.92 Å². The van der Waals surface area contributed by atoms with Crippen LogP contribution in [0.25, 0.3) is 16.9 Å². The van der Waals surface area contributed by atoms with E-state index in [9.17, 15) is 4.79 Å². The molecule has 0 amide bonds. The molecule has 0 radical (unpaired) electrons. The molecule has 0 aliphatic carbocycles. The van der Waals surface area contributed by atoms with Gasteiger partial charge >= 0.3 is 5.97 Å². The lowest BCUT2D eigenvalue weighted by Crippen LogP contribution is -1.98. The number of rotatable bonds is 2. The predicted octanol–water partition coefficient (Wildman–Crippen LogP) is 2.34. The summed E-state index contributed by atoms with van der Waals surface area (Å²) in [4.78, 5) is 17.5. The number of carboxylic acids is 1. The summed E-state index contributed by atoms with van der Waals surface area (Å²) < 4.78 is 2.01. The van der Waals surface area contributed by atoms with Gasteiger partial charge in [0, 0.05) is 11.7 Å². The monoisotopic (exact) mass is 241 g/mol. The van der Waals surface area contributed by atoms with Gasteiger partial charge in [0.25, 0.3) is 0 Å². The van der Waals surface area contributed by atoms with Crippen molar-refractivity contribution in [2.24, 2.45) is 0 Å². The maximum Gasteiger partial charge on any atom is 0.371 e. The summed E-state index contributed by atoms with van der Waals surface area (Å²) in [5.74, 6) is -1.10. The SMILES string of the molecule is Cc1cc2ccccn2c1-c1cnc(C(=O)O)[nH]1. The summed E-state index contributed by atoms with van der Waals surface area (Å²) in [7, 11) is 0. The first-order valence-electron chi connectivity index (χ1n) is 5.52. The molecular formula is C13H11N3O2. The Bertz CT molecular complexity index is 740. The second-order valence-corrected chi connectivity index (χ2v) is 4.12. The van der Waals surface area contributed by atoms with Crippen LogP contribution < -0.4 is 0 Å². The van der Waals surface area contributed by atoms with Gasteiger partial charge in [-0.15, -0.1) is 0 Å². The predicted molar refractivity (Wildman–Crippen MR) is 66.7 cm³/mol. The quantitative estimate of drug-likeness (QED) is 0.723. The van der Waals surface area contributed by atoms with Crippen molar-refractivity contribution >= 4 is 11.5 Å². The summed E-state index contributed by atoms with van der Waals surface area (Å²) in [5.41, 5.74) is 3.78. The zero-order valence-electron chi connectivity index (χ0n) is 9.71. The van der Waals surface area contributed by atoms with E-state index in [0.29, 0.717) is 5.69 Å². The molecule has 3 rings (SSSR count). The van der Waals surface area contributed by atoms with Gasteiger partial charge in [0.05, 0.1) is 17.6 Å². The molecule has 0 atom stereocenters. The topological polar surface area (TPSA) is 70.4 Å². The van der Waals surface area contributed by atoms with Crippen molar-refractivity contribution in [1.82, 2.24) is 14.4 Å². The lowest BCUT2D eigenvalue weighted by atomic mass is 10.2. The van der Waals surface area contributed by atoms with E-state index in [1.807, 2.05) is 35.7 Å². The van der Waals surface area contributed by atoms with Crippen LogP contribution in [-0.4, -0.2) is 25.4 Å². The highest BCUT2D eigenvalue weighted by Gasteiger charge is 2.14. The number of hydrogen-bond acceptors (Lipinski definition) is 2. The summed E-state index contributed by atoms with van der Waals surface area (Å²) in [5, 5.41) is 8.88. The molecule has 18 heavy (non-hydrogen) atoms. The Morgan fingerprint density at radius 1 is 1.44 bits per heavy atom. The third kappa shape index (κ3) is 1.48. The molecule has 0 saturated carbocycles. The maximum atomic E-state index is 10.8. The molecule has 0 aromatic carbocycles. The van der Waals surface area contributed by atoms with Gasteiger partial charge in [0.15, 0.2) is 0 Å². The third-order valence-corrected chi connectivity index (χ3v) is 2.90. The average Bonchev–Trinajstić information content (AvgIpc) is 2.91. The Morgan fingerprint density at radius 2 is 2.28 bits per heavy atom. The van der Waals surface area contributed by atoms with Crippen LogP contribution in [0.5, 0.6) is 0 Å². The Morgan fingerprint density at radius 3 is 3.00 bits per heavy atom. The molecule has 5 heteroatoms. The van der Waals surface area contributed by atoms with Crippen LogP contribution in [0.1, 0.15) is 16.2 Å². The number of hydrogen-bond donors (Lipinski definition) is 2. The van der Waals surface area contributed by atoms with Crippen molar-refractivity contribution in [2.75, 3.05) is 0 Å². The molecule has 3 heterocycles. The van der Waals surface area contributed by atoms with Crippen molar-refractivity contribution in [3.63, 3.8) is 0 Å². The minimum absolute atomic E-state index is 0.0460. The van der Waals surface area contributed by atoms with E-state index in [0.717, 1.165) is 16.8 Å². The van der Waals surface area contributed by atoms with Gasteiger partial charge in [-0.1, -0.05) is 6.07 Å². The minimum Gasteiger partial charge on any atom is -0.475 e. The van der Waals surface area contributed by atoms with Crippen LogP contribution in [0.2, 0.25) is 0 Å². The standard InChI is InChI=1S/C13H11N3O2/c1-8-6-9-4-2-3-5-16(9)11(8)10-7-14-12(15-10)13(17)18/h2-7H,1H3,(H,14,15)(H,17,18). The summed E-state index contributed by atoms with van der Waals surface area (Å²) >= 11 is 0. The molecule has 0 saturated heterocycles. The number of carboxylic acid groups (broad SMARTS) is 1. The summed E-state index contributed by atoms with van der Waals surface area (Å²) in [6, 6.07) is 7.96. The van der Waals surface area contributed by atoms with Crippen molar-refractivity contribution in [1.29, 1.82) is 0 Å². The van der Waals surface area contributed by atoms with E-state index in [-0.39, 0.29) is 5.82 Å². The average molecular weight is 241 g/mol. The van der Waals surface area contributed by atoms with Crippen LogP contribution in [0.15, 0.2) is 36.7 Å². The molecule has 0 aliphatic rings. The van der Waals surface area contributed by atoms with E-state index in [2.05, 4.69) is 16.0 Å². The fourth-order valence-electron chi connectivity index (χ4n) is 2.15. The Balaban J connectivity index is 2.24. The van der Waals surface area contributed by atoms with Crippen LogP contribution in [0, 0.1) is 6.92 Å². The minimum atomic E-state index is -1.06. The Kier molecular flexibility index (Phi) is 2.19. The van der Waals surface area contributed by atoms with Gasteiger partial charge < -0.3 is 14.5 Å². The molecule has 90 valence electrons. The van der Waals surface area contributed by atoms with Crippen molar-refractivity contribution in [3.05, 3.63) is 48.0 Å². The number of imidazole rings is 1. The van der Waals surface area contributed by atoms with Crippen molar-refractivity contribution in [3.8, 4) is 11.4 Å².